The summed E-state index contributed by atoms with van der Waals surface area (Å²) in [6.07, 6.45) is -6.16. The van der Waals surface area contributed by atoms with Gasteiger partial charge in [-0.2, -0.15) is 13.2 Å². The molecule has 0 spiro atoms. The van der Waals surface area contributed by atoms with Crippen LogP contribution in [-0.4, -0.2) is 24.0 Å². The van der Waals surface area contributed by atoms with Gasteiger partial charge in [0.1, 0.15) is 19.1 Å². The lowest BCUT2D eigenvalue weighted by molar-refractivity contribution is -0.190. The second-order valence-corrected chi connectivity index (χ2v) is 8.27. The maximum absolute atomic E-state index is 13.9. The first-order valence-corrected chi connectivity index (χ1v) is 11.5. The molecule has 0 aliphatic rings. The fourth-order valence-electron chi connectivity index (χ4n) is 3.48. The number of hydrogen-bond donors (Lipinski definition) is 1. The van der Waals surface area contributed by atoms with Gasteiger partial charge in [-0.3, -0.25) is 14.4 Å². The molecular weight excluding hydrogens is 487 g/mol. The van der Waals surface area contributed by atoms with E-state index in [-0.39, 0.29) is 19.8 Å². The smallest absolute Gasteiger partial charge is 0.400 e. The Morgan fingerprint density at radius 2 is 1.08 bits per heavy atom. The number of rotatable bonds is 11. The summed E-state index contributed by atoms with van der Waals surface area (Å²) in [5.41, 5.74) is 1.76. The van der Waals surface area contributed by atoms with Gasteiger partial charge in [-0.1, -0.05) is 91.0 Å². The van der Waals surface area contributed by atoms with Crippen LogP contribution in [0.25, 0.3) is 0 Å². The zero-order valence-electron chi connectivity index (χ0n) is 19.8. The van der Waals surface area contributed by atoms with Crippen LogP contribution in [0.5, 0.6) is 0 Å². The van der Waals surface area contributed by atoms with Crippen LogP contribution in [0.3, 0.4) is 0 Å². The van der Waals surface area contributed by atoms with Crippen LogP contribution in [0.4, 0.5) is 13.2 Å². The van der Waals surface area contributed by atoms with Crippen molar-refractivity contribution in [1.82, 2.24) is 5.32 Å². The van der Waals surface area contributed by atoms with Crippen molar-refractivity contribution in [2.75, 3.05) is 0 Å². The van der Waals surface area contributed by atoms with Gasteiger partial charge in [-0.25, -0.2) is 0 Å². The molecule has 6 nitrogen and oxygen atoms in total. The molecule has 0 heterocycles. The molecule has 9 heteroatoms. The molecule has 0 saturated carbocycles. The van der Waals surface area contributed by atoms with Crippen molar-refractivity contribution in [3.05, 3.63) is 108 Å². The van der Waals surface area contributed by atoms with Crippen molar-refractivity contribution in [3.8, 4) is 0 Å². The third-order valence-electron chi connectivity index (χ3n) is 5.51. The van der Waals surface area contributed by atoms with Crippen molar-refractivity contribution >= 4 is 17.8 Å². The van der Waals surface area contributed by atoms with Crippen LogP contribution >= 0.6 is 0 Å². The molecular formula is C28H26F3NO5. The number of carbonyl (C=O) groups excluding carboxylic acids is 3. The Hall–Kier alpha value is -4.14. The SMILES string of the molecule is O=C(OCc1ccccc1)C(CC(C(=O)NCc1ccccc1)C(F)(F)F)C(=O)OCc1ccccc1. The van der Waals surface area contributed by atoms with Gasteiger partial charge in [0, 0.05) is 6.54 Å². The minimum absolute atomic E-state index is 0.145. The zero-order valence-corrected chi connectivity index (χ0v) is 19.8. The largest absolute Gasteiger partial charge is 0.460 e. The number of carbonyl (C=O) groups is 3. The predicted molar refractivity (Wildman–Crippen MR) is 128 cm³/mol. The summed E-state index contributed by atoms with van der Waals surface area (Å²) in [7, 11) is 0. The Kier molecular flexibility index (Phi) is 9.83. The average Bonchev–Trinajstić information content (AvgIpc) is 2.90. The molecule has 1 amide bonds. The zero-order chi connectivity index (χ0) is 26.7. The van der Waals surface area contributed by atoms with Crippen molar-refractivity contribution in [3.63, 3.8) is 0 Å². The first-order chi connectivity index (χ1) is 17.7. The number of nitrogens with one attached hydrogen (secondary N) is 1. The molecule has 3 aromatic carbocycles. The van der Waals surface area contributed by atoms with Gasteiger partial charge >= 0.3 is 18.1 Å². The first-order valence-electron chi connectivity index (χ1n) is 11.5. The minimum Gasteiger partial charge on any atom is -0.460 e. The van der Waals surface area contributed by atoms with Gasteiger partial charge in [0.05, 0.1) is 0 Å². The van der Waals surface area contributed by atoms with Gasteiger partial charge in [-0.15, -0.1) is 0 Å². The minimum atomic E-state index is -5.02. The highest BCUT2D eigenvalue weighted by molar-refractivity contribution is 5.95. The molecule has 1 N–H and O–H groups in total. The summed E-state index contributed by atoms with van der Waals surface area (Å²) < 4.78 is 52.1. The quantitative estimate of drug-likeness (QED) is 0.289. The van der Waals surface area contributed by atoms with Crippen LogP contribution in [0.2, 0.25) is 0 Å². The fourth-order valence-corrected chi connectivity index (χ4v) is 3.48. The number of amides is 1. The normalized spacial score (nSPS) is 12.0. The molecule has 0 bridgehead atoms. The number of esters is 2. The van der Waals surface area contributed by atoms with E-state index in [1.54, 1.807) is 91.0 Å². The summed E-state index contributed by atoms with van der Waals surface area (Å²) in [5.74, 6) is -8.34. The Balaban J connectivity index is 1.75. The molecule has 194 valence electrons. The lowest BCUT2D eigenvalue weighted by Crippen LogP contribution is -2.43. The van der Waals surface area contributed by atoms with E-state index in [2.05, 4.69) is 5.32 Å². The van der Waals surface area contributed by atoms with E-state index >= 15 is 0 Å². The van der Waals surface area contributed by atoms with E-state index < -0.39 is 42.3 Å². The van der Waals surface area contributed by atoms with Gasteiger partial charge in [0.15, 0.2) is 5.92 Å². The summed E-state index contributed by atoms with van der Waals surface area (Å²) in [5, 5.41) is 2.24. The molecule has 0 radical (unpaired) electrons. The number of hydrogen-bond acceptors (Lipinski definition) is 5. The van der Waals surface area contributed by atoms with Crippen molar-refractivity contribution in [1.29, 1.82) is 0 Å². The summed E-state index contributed by atoms with van der Waals surface area (Å²) in [6.45, 7) is -0.647. The van der Waals surface area contributed by atoms with Crippen LogP contribution in [0.1, 0.15) is 23.1 Å². The third-order valence-corrected chi connectivity index (χ3v) is 5.51. The number of halogens is 3. The number of alkyl halides is 3. The molecule has 0 fully saturated rings. The highest BCUT2D eigenvalue weighted by Gasteiger charge is 2.49. The van der Waals surface area contributed by atoms with E-state index in [0.717, 1.165) is 0 Å². The molecule has 0 aliphatic carbocycles. The van der Waals surface area contributed by atoms with Crippen molar-refractivity contribution in [2.45, 2.75) is 32.4 Å². The predicted octanol–water partition coefficient (Wildman–Crippen LogP) is 4.97. The average molecular weight is 514 g/mol. The van der Waals surface area contributed by atoms with Gasteiger partial charge < -0.3 is 14.8 Å². The standard InChI is InChI=1S/C28H26F3NO5/c29-28(30,31)24(25(33)32-17-20-10-4-1-5-11-20)16-23(26(34)36-18-21-12-6-2-7-13-21)27(35)37-19-22-14-8-3-9-15-22/h1-15,23-24H,16-19H2,(H,32,33). The Morgan fingerprint density at radius 1 is 0.676 bits per heavy atom. The van der Waals surface area contributed by atoms with Gasteiger partial charge in [-0.05, 0) is 23.1 Å². The van der Waals surface area contributed by atoms with Crippen molar-refractivity contribution < 1.29 is 37.0 Å². The Morgan fingerprint density at radius 3 is 1.49 bits per heavy atom. The number of ether oxygens (including phenoxy) is 2. The molecule has 37 heavy (non-hydrogen) atoms. The van der Waals surface area contributed by atoms with Crippen LogP contribution in [0.15, 0.2) is 91.0 Å². The van der Waals surface area contributed by atoms with Crippen LogP contribution in [0, 0.1) is 11.8 Å². The van der Waals surface area contributed by atoms with Crippen LogP contribution in [-0.2, 0) is 43.6 Å². The molecule has 3 aromatic rings. The molecule has 1 unspecified atom stereocenters. The second-order valence-electron chi connectivity index (χ2n) is 8.27. The van der Waals surface area contributed by atoms with E-state index in [9.17, 15) is 27.6 Å². The highest BCUT2D eigenvalue weighted by atomic mass is 19.4. The maximum Gasteiger partial charge on any atom is 0.400 e. The summed E-state index contributed by atoms with van der Waals surface area (Å²) in [6, 6.07) is 25.3. The maximum atomic E-state index is 13.9. The van der Waals surface area contributed by atoms with Gasteiger partial charge in [0.25, 0.3) is 0 Å². The van der Waals surface area contributed by atoms with E-state index in [1.807, 2.05) is 0 Å². The highest BCUT2D eigenvalue weighted by Crippen LogP contribution is 2.33. The first kappa shape index (κ1) is 27.4. The molecule has 3 rings (SSSR count). The molecule has 0 aliphatic heterocycles. The van der Waals surface area contributed by atoms with Crippen LogP contribution < -0.4 is 5.32 Å². The lowest BCUT2D eigenvalue weighted by atomic mass is 9.92. The summed E-state index contributed by atoms with van der Waals surface area (Å²) >= 11 is 0. The molecule has 1 atom stereocenters. The number of benzene rings is 3. The monoisotopic (exact) mass is 513 g/mol. The van der Waals surface area contributed by atoms with Gasteiger partial charge in [0.2, 0.25) is 5.91 Å². The van der Waals surface area contributed by atoms with Crippen molar-refractivity contribution in [2.24, 2.45) is 11.8 Å². The Bertz CT molecular complexity index is 1100. The molecule has 0 saturated heterocycles. The van der Waals surface area contributed by atoms with E-state index in [4.69, 9.17) is 9.47 Å². The topological polar surface area (TPSA) is 81.7 Å². The fraction of sp³-hybridized carbons (Fsp3) is 0.250. The van der Waals surface area contributed by atoms with E-state index in [1.165, 1.54) is 0 Å². The van der Waals surface area contributed by atoms with E-state index in [0.29, 0.717) is 16.7 Å². The second kappa shape index (κ2) is 13.2. The summed E-state index contributed by atoms with van der Waals surface area (Å²) in [4.78, 5) is 38.2. The third kappa shape index (κ3) is 8.79. The Labute approximate surface area is 212 Å². The lowest BCUT2D eigenvalue weighted by Gasteiger charge is -2.23. The molecule has 0 aromatic heterocycles.